The summed E-state index contributed by atoms with van der Waals surface area (Å²) in [5.41, 5.74) is -0.850. The summed E-state index contributed by atoms with van der Waals surface area (Å²) >= 11 is 1.14. The van der Waals surface area contributed by atoms with Crippen molar-refractivity contribution in [2.24, 2.45) is 7.05 Å². The van der Waals surface area contributed by atoms with Gasteiger partial charge < -0.3 is 14.4 Å². The minimum Gasteiger partial charge on any atom is -0.490 e. The predicted octanol–water partition coefficient (Wildman–Crippen LogP) is 1.70. The molecule has 4 aromatic rings. The van der Waals surface area contributed by atoms with Gasteiger partial charge in [0.15, 0.2) is 16.3 Å². The minimum atomic E-state index is -0.973. The highest BCUT2D eigenvalue weighted by atomic mass is 32.2. The summed E-state index contributed by atoms with van der Waals surface area (Å²) in [6.45, 7) is 1.44. The van der Waals surface area contributed by atoms with E-state index in [0.29, 0.717) is 10.9 Å². The molecule has 10 heteroatoms. The van der Waals surface area contributed by atoms with Crippen LogP contribution in [0.3, 0.4) is 0 Å². The number of hydrogen-bond donors (Lipinski definition) is 2. The number of nitrogens with zero attached hydrogens (tertiary/aromatic N) is 3. The zero-order valence-corrected chi connectivity index (χ0v) is 18.4. The van der Waals surface area contributed by atoms with E-state index in [0.717, 1.165) is 22.5 Å². The Balaban J connectivity index is 1.62. The number of aliphatic hydroxyl groups excluding tert-OH is 1. The minimum absolute atomic E-state index is 0.00277. The Morgan fingerprint density at radius 1 is 1.22 bits per heavy atom. The van der Waals surface area contributed by atoms with Crippen LogP contribution in [0.25, 0.3) is 21.9 Å². The number of ketones is 1. The van der Waals surface area contributed by atoms with E-state index in [-0.39, 0.29) is 35.9 Å². The Morgan fingerprint density at radius 3 is 2.75 bits per heavy atom. The number of thioether (sulfide) groups is 1. The molecule has 0 spiro atoms. The monoisotopic (exact) mass is 454 g/mol. The number of H-pyrrole nitrogens is 1. The number of Topliss-reactive ketones (excluding diaryl/α,β-unsaturated/α-hetero) is 1. The van der Waals surface area contributed by atoms with Crippen molar-refractivity contribution in [3.63, 3.8) is 0 Å². The molecular formula is C22H22N4O5S. The van der Waals surface area contributed by atoms with E-state index >= 15 is 0 Å². The second-order valence-electron chi connectivity index (χ2n) is 7.43. The number of aryl methyl sites for hydroxylation is 1. The molecule has 0 fully saturated rings. The van der Waals surface area contributed by atoms with Gasteiger partial charge in [0, 0.05) is 12.4 Å². The highest BCUT2D eigenvalue weighted by molar-refractivity contribution is 7.99. The number of aliphatic hydroxyl groups is 1. The maximum Gasteiger partial charge on any atom is 0.329 e. The molecule has 2 N–H and O–H groups in total. The molecule has 0 aliphatic carbocycles. The van der Waals surface area contributed by atoms with Crippen molar-refractivity contribution < 1.29 is 14.6 Å². The van der Waals surface area contributed by atoms with Gasteiger partial charge in [-0.2, -0.15) is 0 Å². The van der Waals surface area contributed by atoms with Gasteiger partial charge in [0.25, 0.3) is 5.56 Å². The van der Waals surface area contributed by atoms with Crippen molar-refractivity contribution in [1.82, 2.24) is 19.1 Å². The number of carbonyl (C=O) groups excluding carboxylic acids is 1. The molecule has 0 aliphatic rings. The molecule has 4 rings (SSSR count). The van der Waals surface area contributed by atoms with Gasteiger partial charge in [0.1, 0.15) is 24.2 Å². The van der Waals surface area contributed by atoms with Crippen LogP contribution in [0.2, 0.25) is 0 Å². The van der Waals surface area contributed by atoms with Crippen LogP contribution in [0.5, 0.6) is 5.75 Å². The summed E-state index contributed by atoms with van der Waals surface area (Å²) in [6.07, 6.45) is -0.973. The Morgan fingerprint density at radius 2 is 1.97 bits per heavy atom. The highest BCUT2D eigenvalue weighted by Gasteiger charge is 2.20. The number of imidazole rings is 1. The number of benzene rings is 2. The maximum atomic E-state index is 12.5. The quantitative estimate of drug-likeness (QED) is 0.389. The van der Waals surface area contributed by atoms with Gasteiger partial charge in [-0.15, -0.1) is 0 Å². The fourth-order valence-corrected chi connectivity index (χ4v) is 4.24. The van der Waals surface area contributed by atoms with E-state index in [1.54, 1.807) is 0 Å². The Labute approximate surface area is 186 Å². The van der Waals surface area contributed by atoms with Gasteiger partial charge in [0.2, 0.25) is 0 Å². The van der Waals surface area contributed by atoms with E-state index in [1.165, 1.54) is 23.1 Å². The first-order valence-corrected chi connectivity index (χ1v) is 10.9. The van der Waals surface area contributed by atoms with Crippen molar-refractivity contribution in [2.45, 2.75) is 24.7 Å². The van der Waals surface area contributed by atoms with Crippen LogP contribution in [0.1, 0.15) is 6.92 Å². The first-order chi connectivity index (χ1) is 15.3. The summed E-state index contributed by atoms with van der Waals surface area (Å²) in [5.74, 6) is 0.734. The lowest BCUT2D eigenvalue weighted by Crippen LogP contribution is -2.30. The average Bonchev–Trinajstić information content (AvgIpc) is 3.13. The number of rotatable bonds is 8. The van der Waals surface area contributed by atoms with Gasteiger partial charge in [-0.25, -0.2) is 9.78 Å². The molecule has 9 nitrogen and oxygen atoms in total. The van der Waals surface area contributed by atoms with E-state index in [2.05, 4.69) is 9.97 Å². The fourth-order valence-electron chi connectivity index (χ4n) is 3.43. The number of aromatic amines is 1. The number of nitrogens with one attached hydrogen (secondary N) is 1. The lowest BCUT2D eigenvalue weighted by Gasteiger charge is -2.16. The molecule has 0 saturated carbocycles. The summed E-state index contributed by atoms with van der Waals surface area (Å²) in [5, 5.41) is 13.0. The first-order valence-electron chi connectivity index (χ1n) is 9.95. The third kappa shape index (κ3) is 4.32. The maximum absolute atomic E-state index is 12.5. The second-order valence-corrected chi connectivity index (χ2v) is 8.37. The summed E-state index contributed by atoms with van der Waals surface area (Å²) < 4.78 is 8.62. The van der Waals surface area contributed by atoms with Crippen LogP contribution in [0.15, 0.2) is 57.2 Å². The lowest BCUT2D eigenvalue weighted by molar-refractivity contribution is -0.114. The molecule has 0 saturated heterocycles. The summed E-state index contributed by atoms with van der Waals surface area (Å²) in [7, 11) is 1.50. The highest BCUT2D eigenvalue weighted by Crippen LogP contribution is 2.26. The third-order valence-electron chi connectivity index (χ3n) is 4.95. The molecule has 32 heavy (non-hydrogen) atoms. The van der Waals surface area contributed by atoms with Gasteiger partial charge in [-0.3, -0.25) is 19.1 Å². The smallest absolute Gasteiger partial charge is 0.329 e. The zero-order valence-electron chi connectivity index (χ0n) is 17.6. The lowest BCUT2D eigenvalue weighted by atomic mass is 10.1. The van der Waals surface area contributed by atoms with Crippen molar-refractivity contribution in [3.05, 3.63) is 63.3 Å². The molecular weight excluding hydrogens is 432 g/mol. The number of fused-ring (bicyclic) bond motifs is 2. The molecule has 0 aliphatic heterocycles. The largest absolute Gasteiger partial charge is 0.490 e. The van der Waals surface area contributed by atoms with Crippen molar-refractivity contribution in [2.75, 3.05) is 12.4 Å². The van der Waals surface area contributed by atoms with Crippen LogP contribution in [-0.4, -0.2) is 48.5 Å². The van der Waals surface area contributed by atoms with E-state index in [4.69, 9.17) is 4.74 Å². The van der Waals surface area contributed by atoms with Crippen molar-refractivity contribution >= 4 is 39.5 Å². The average molecular weight is 455 g/mol. The molecule has 1 atom stereocenters. The molecule has 2 aromatic carbocycles. The van der Waals surface area contributed by atoms with Crippen molar-refractivity contribution in [1.29, 1.82) is 0 Å². The molecule has 2 aromatic heterocycles. The second kappa shape index (κ2) is 9.01. The number of carbonyl (C=O) groups is 1. The van der Waals surface area contributed by atoms with Gasteiger partial charge in [-0.05, 0) is 18.4 Å². The van der Waals surface area contributed by atoms with E-state index in [9.17, 15) is 19.5 Å². The molecule has 0 radical (unpaired) electrons. The van der Waals surface area contributed by atoms with Gasteiger partial charge in [0.05, 0.1) is 12.3 Å². The Bertz CT molecular complexity index is 1420. The topological polar surface area (TPSA) is 119 Å². The van der Waals surface area contributed by atoms with E-state index in [1.807, 2.05) is 42.5 Å². The number of hydrogen-bond acceptors (Lipinski definition) is 7. The Kier molecular flexibility index (Phi) is 6.15. The van der Waals surface area contributed by atoms with Gasteiger partial charge in [-0.1, -0.05) is 48.2 Å². The molecule has 0 bridgehead atoms. The number of ether oxygens (including phenoxy) is 1. The Hall–Kier alpha value is -3.37. The van der Waals surface area contributed by atoms with Crippen LogP contribution in [0, 0.1) is 0 Å². The third-order valence-corrected chi connectivity index (χ3v) is 6.07. The molecule has 166 valence electrons. The summed E-state index contributed by atoms with van der Waals surface area (Å²) in [6, 6.07) is 13.5. The van der Waals surface area contributed by atoms with Crippen LogP contribution in [0.4, 0.5) is 0 Å². The van der Waals surface area contributed by atoms with Crippen LogP contribution >= 0.6 is 11.8 Å². The SMILES string of the molecule is CC(=O)CSc1nc2c(c(=O)[nH]c(=O)n2C)n1CC(O)COc1cccc2ccccc12. The zero-order chi connectivity index (χ0) is 22.8. The van der Waals surface area contributed by atoms with Crippen LogP contribution < -0.4 is 16.0 Å². The van der Waals surface area contributed by atoms with Gasteiger partial charge >= 0.3 is 5.69 Å². The molecule has 2 heterocycles. The normalized spacial score (nSPS) is 12.3. The first kappa shape index (κ1) is 21.8. The standard InChI is InChI=1S/C22H22N4O5S/c1-13(27)12-32-22-23-19-18(20(29)24-21(30)25(19)2)26(22)10-15(28)11-31-17-9-5-7-14-6-3-4-8-16(14)17/h3-9,15,28H,10-12H2,1-2H3,(H,24,29,30). The summed E-state index contributed by atoms with van der Waals surface area (Å²) in [4.78, 5) is 42.6. The van der Waals surface area contributed by atoms with E-state index < -0.39 is 17.4 Å². The van der Waals surface area contributed by atoms with Crippen LogP contribution in [-0.2, 0) is 18.4 Å². The fraction of sp³-hybridized carbons (Fsp3) is 0.273. The molecule has 0 amide bonds. The van der Waals surface area contributed by atoms with Crippen molar-refractivity contribution in [3.8, 4) is 5.75 Å². The molecule has 1 unspecified atom stereocenters. The predicted molar refractivity (Wildman–Crippen MR) is 122 cm³/mol. The number of aromatic nitrogens is 4.